The van der Waals surface area contributed by atoms with Crippen molar-refractivity contribution in [2.24, 2.45) is 11.3 Å². The molecule has 5 atom stereocenters. The van der Waals surface area contributed by atoms with E-state index in [0.717, 1.165) is 11.0 Å². The lowest BCUT2D eigenvalue weighted by molar-refractivity contribution is -0.141. The Labute approximate surface area is 368 Å². The van der Waals surface area contributed by atoms with E-state index in [2.05, 4.69) is 26.9 Å². The molecule has 2 aliphatic carbocycles. The molecule has 2 aromatic carbocycles. The number of halogens is 3. The topological polar surface area (TPSA) is 182 Å². The first-order chi connectivity index (χ1) is 27.6. The van der Waals surface area contributed by atoms with Crippen LogP contribution in [0.2, 0.25) is 5.02 Å². The Balaban J connectivity index is 0.00000302. The molecule has 0 spiro atoms. The van der Waals surface area contributed by atoms with Gasteiger partial charge < -0.3 is 29.4 Å². The summed E-state index contributed by atoms with van der Waals surface area (Å²) in [7, 11) is -2.37. The van der Waals surface area contributed by atoms with E-state index in [-0.39, 0.29) is 50.1 Å². The van der Waals surface area contributed by atoms with Crippen molar-refractivity contribution in [2.45, 2.75) is 75.4 Å². The van der Waals surface area contributed by atoms with Crippen molar-refractivity contribution in [3.63, 3.8) is 0 Å². The summed E-state index contributed by atoms with van der Waals surface area (Å²) in [6.07, 6.45) is 3.44. The highest BCUT2D eigenvalue weighted by Crippen LogP contribution is 2.46. The monoisotopic (exact) mass is 918 g/mol. The molecule has 14 nitrogen and oxygen atoms in total. The molecular formula is C41H45Cl3N6O8S2. The summed E-state index contributed by atoms with van der Waals surface area (Å²) in [5.41, 5.74) is -0.902. The van der Waals surface area contributed by atoms with Crippen molar-refractivity contribution in [1.82, 2.24) is 24.9 Å². The van der Waals surface area contributed by atoms with E-state index in [1.807, 2.05) is 56.5 Å². The lowest BCUT2D eigenvalue weighted by Gasteiger charge is -2.35. The largest absolute Gasteiger partial charge is 0.494 e. The number of pyridine rings is 1. The minimum Gasteiger partial charge on any atom is -0.494 e. The van der Waals surface area contributed by atoms with Crippen molar-refractivity contribution in [3.05, 3.63) is 77.8 Å². The number of nitrogens with zero attached hydrogens (tertiary/aromatic N) is 3. The van der Waals surface area contributed by atoms with Crippen LogP contribution >= 0.6 is 47.8 Å². The van der Waals surface area contributed by atoms with E-state index < -0.39 is 68.1 Å². The number of carbonyl (C=O) groups is 3. The standard InChI is InChI=1S/C41H43ClN6O8S2.2ClH/c1-6-23-18-41(23,38(51)47-58(52,53)26-12-13-26)46-35(49)30-17-25(55-36-28-16-24(42)11-14-27(28)33(54-5)19-43-36)20-48(30)37(50)34(40(2,3)4)45-39-44-29(21-57-39)32-15-22-9-7-8-10-31(22)56-32;;/h6-11,14-16,19,21,23,25-26,30,34H,1,12-13,17-18,20H2,2-5H3,(H,44,45)(H,46,49)(H,47,51);2*1H/t23-,25-,30+,34-,41-;;/m1../s1. The summed E-state index contributed by atoms with van der Waals surface area (Å²) in [6.45, 7) is 9.52. The number of amides is 3. The van der Waals surface area contributed by atoms with Crippen molar-refractivity contribution in [3.8, 4) is 23.1 Å². The van der Waals surface area contributed by atoms with Crippen molar-refractivity contribution >= 4 is 102 Å². The summed E-state index contributed by atoms with van der Waals surface area (Å²) in [6, 6.07) is 12.8. The molecule has 3 aliphatic rings. The summed E-state index contributed by atoms with van der Waals surface area (Å²) in [4.78, 5) is 53.7. The zero-order chi connectivity index (χ0) is 41.1. The zero-order valence-corrected chi connectivity index (χ0v) is 37.1. The maximum absolute atomic E-state index is 14.9. The summed E-state index contributed by atoms with van der Waals surface area (Å²) >= 11 is 7.70. The summed E-state index contributed by atoms with van der Waals surface area (Å²) in [5.74, 6) is -1.05. The fourth-order valence-electron chi connectivity index (χ4n) is 7.47. The number of anilines is 1. The van der Waals surface area contributed by atoms with Gasteiger partial charge in [0.2, 0.25) is 27.7 Å². The summed E-state index contributed by atoms with van der Waals surface area (Å²) in [5, 5.41) is 10.5. The Kier molecular flexibility index (Phi) is 12.8. The molecule has 1 saturated heterocycles. The number of aromatic nitrogens is 2. The van der Waals surface area contributed by atoms with Crippen LogP contribution in [0.5, 0.6) is 11.6 Å². The Hall–Kier alpha value is -4.61. The Morgan fingerprint density at radius 2 is 1.87 bits per heavy atom. The SMILES string of the molecule is C=C[C@@H]1C[C@]1(NC(=O)[C@@H]1C[C@@H](Oc2ncc(OC)c3ccc(Cl)cc23)CN1C(=O)[C@@H](Nc1nc(-c2cc3ccccc3o2)cs1)C(C)(C)C)C(=O)NS(=O)(=O)C1CC1.Cl.Cl. The fourth-order valence-corrected chi connectivity index (χ4v) is 9.74. The number of nitrogens with one attached hydrogen (secondary N) is 3. The predicted octanol–water partition coefficient (Wildman–Crippen LogP) is 7.15. The molecule has 2 saturated carbocycles. The molecule has 3 N–H and O–H groups in total. The van der Waals surface area contributed by atoms with Crippen LogP contribution in [0.1, 0.15) is 46.5 Å². The minimum atomic E-state index is -3.90. The average molecular weight is 920 g/mol. The van der Waals surface area contributed by atoms with Gasteiger partial charge in [0.1, 0.15) is 40.8 Å². The van der Waals surface area contributed by atoms with Gasteiger partial charge in [-0.15, -0.1) is 42.7 Å². The summed E-state index contributed by atoms with van der Waals surface area (Å²) < 4.78 is 45.8. The van der Waals surface area contributed by atoms with Crippen LogP contribution in [-0.4, -0.2) is 83.6 Å². The molecule has 0 unspecified atom stereocenters. The maximum atomic E-state index is 14.9. The van der Waals surface area contributed by atoms with E-state index in [1.54, 1.807) is 18.2 Å². The van der Waals surface area contributed by atoms with Gasteiger partial charge >= 0.3 is 0 Å². The number of likely N-dealkylation sites (tertiary alicyclic amines) is 1. The molecule has 3 amide bonds. The molecule has 1 aliphatic heterocycles. The van der Waals surface area contributed by atoms with Crippen molar-refractivity contribution < 1.29 is 36.7 Å². The van der Waals surface area contributed by atoms with Crippen LogP contribution in [0.3, 0.4) is 0 Å². The van der Waals surface area contributed by atoms with Gasteiger partial charge in [0.15, 0.2) is 10.9 Å². The quantitative estimate of drug-likeness (QED) is 0.102. The number of carbonyl (C=O) groups excluding carboxylic acids is 3. The molecular weight excluding hydrogens is 875 g/mol. The molecule has 5 aromatic rings. The number of thiazole rings is 1. The second kappa shape index (κ2) is 17.0. The third-order valence-electron chi connectivity index (χ3n) is 10.9. The first-order valence-electron chi connectivity index (χ1n) is 18.9. The van der Waals surface area contributed by atoms with E-state index in [1.165, 1.54) is 35.6 Å². The number of methoxy groups -OCH3 is 1. The first-order valence-corrected chi connectivity index (χ1v) is 21.7. The van der Waals surface area contributed by atoms with Crippen LogP contribution in [0, 0.1) is 11.3 Å². The number of hydrogen-bond acceptors (Lipinski definition) is 12. The molecule has 4 heterocycles. The molecule has 60 heavy (non-hydrogen) atoms. The maximum Gasteiger partial charge on any atom is 0.259 e. The molecule has 3 fully saturated rings. The van der Waals surface area contributed by atoms with Crippen molar-refractivity contribution in [2.75, 3.05) is 19.0 Å². The van der Waals surface area contributed by atoms with Crippen LogP contribution in [0.4, 0.5) is 5.13 Å². The second-order valence-corrected chi connectivity index (χ2v) is 19.4. The van der Waals surface area contributed by atoms with E-state index >= 15 is 0 Å². The van der Waals surface area contributed by atoms with Gasteiger partial charge in [-0.3, -0.25) is 19.1 Å². The fraction of sp³-hybridized carbons (Fsp3) is 0.390. The molecule has 320 valence electrons. The van der Waals surface area contributed by atoms with Gasteiger partial charge in [0, 0.05) is 38.9 Å². The minimum absolute atomic E-state index is 0. The molecule has 8 rings (SSSR count). The van der Waals surface area contributed by atoms with E-state index in [9.17, 15) is 22.8 Å². The van der Waals surface area contributed by atoms with Gasteiger partial charge in [0.25, 0.3) is 5.91 Å². The smallest absolute Gasteiger partial charge is 0.259 e. The van der Waals surface area contributed by atoms with Gasteiger partial charge in [-0.25, -0.2) is 18.4 Å². The molecule has 0 radical (unpaired) electrons. The van der Waals surface area contributed by atoms with Crippen LogP contribution in [0.25, 0.3) is 33.2 Å². The zero-order valence-electron chi connectivity index (χ0n) is 33.1. The number of sulfonamides is 1. The predicted molar refractivity (Wildman–Crippen MR) is 236 cm³/mol. The first kappa shape index (κ1) is 44.9. The second-order valence-electron chi connectivity index (χ2n) is 16.1. The Bertz CT molecular complexity index is 2540. The van der Waals surface area contributed by atoms with E-state index in [0.29, 0.717) is 51.0 Å². The Morgan fingerprint density at radius 1 is 1.12 bits per heavy atom. The lowest BCUT2D eigenvalue weighted by Crippen LogP contribution is -2.58. The number of hydrogen-bond donors (Lipinski definition) is 3. The number of fused-ring (bicyclic) bond motifs is 2. The van der Waals surface area contributed by atoms with Gasteiger partial charge in [0.05, 0.1) is 25.1 Å². The number of rotatable bonds is 13. The normalized spacial score (nSPS) is 21.6. The van der Waals surface area contributed by atoms with E-state index in [4.69, 9.17) is 30.5 Å². The highest BCUT2D eigenvalue weighted by Gasteiger charge is 2.62. The van der Waals surface area contributed by atoms with Gasteiger partial charge in [-0.05, 0) is 55.0 Å². The highest BCUT2D eigenvalue weighted by molar-refractivity contribution is 7.91. The van der Waals surface area contributed by atoms with Crippen LogP contribution in [-0.2, 0) is 24.4 Å². The molecule has 3 aromatic heterocycles. The Morgan fingerprint density at radius 3 is 2.53 bits per heavy atom. The van der Waals surface area contributed by atoms with Crippen LogP contribution in [0.15, 0.2) is 77.2 Å². The molecule has 0 bridgehead atoms. The number of ether oxygens (including phenoxy) is 2. The van der Waals surface area contributed by atoms with Gasteiger partial charge in [-0.2, -0.15) is 0 Å². The average Bonchev–Trinajstić information content (AvgIpc) is 4.00. The number of para-hydroxylation sites is 1. The lowest BCUT2D eigenvalue weighted by atomic mass is 9.85. The third-order valence-corrected chi connectivity index (χ3v) is 13.8. The third kappa shape index (κ3) is 8.75. The highest BCUT2D eigenvalue weighted by atomic mass is 35.5. The van der Waals surface area contributed by atoms with Crippen LogP contribution < -0.4 is 24.8 Å². The van der Waals surface area contributed by atoms with Gasteiger partial charge in [-0.1, -0.05) is 56.6 Å². The number of benzene rings is 2. The molecule has 19 heteroatoms. The number of furan rings is 1. The van der Waals surface area contributed by atoms with Crippen molar-refractivity contribution in [1.29, 1.82) is 0 Å².